The Kier molecular flexibility index (Phi) is 11.4. The summed E-state index contributed by atoms with van der Waals surface area (Å²) in [4.78, 5) is 33.4. The Balaban J connectivity index is 2.14. The van der Waals surface area contributed by atoms with Crippen LogP contribution in [0.4, 0.5) is 17.6 Å². The second kappa shape index (κ2) is 13.5. The summed E-state index contributed by atoms with van der Waals surface area (Å²) in [6.45, 7) is 0.858. The van der Waals surface area contributed by atoms with Crippen molar-refractivity contribution in [3.8, 4) is 5.75 Å². The summed E-state index contributed by atoms with van der Waals surface area (Å²) in [5.41, 5.74) is 0. The van der Waals surface area contributed by atoms with Gasteiger partial charge in [0.25, 0.3) is 0 Å². The molecule has 12 heteroatoms. The lowest BCUT2D eigenvalue weighted by molar-refractivity contribution is -0.138. The number of carboxylic acids is 1. The van der Waals surface area contributed by atoms with Gasteiger partial charge in [-0.2, -0.15) is 8.78 Å². The molecule has 1 aromatic carbocycles. The first-order chi connectivity index (χ1) is 14.2. The number of nitrogens with one attached hydrogen (secondary N) is 1. The summed E-state index contributed by atoms with van der Waals surface area (Å²) in [6, 6.07) is -0.0114. The molecule has 8 nitrogen and oxygen atoms in total. The van der Waals surface area contributed by atoms with Gasteiger partial charge in [0.1, 0.15) is 0 Å². The van der Waals surface area contributed by atoms with Crippen molar-refractivity contribution in [2.45, 2.75) is 25.7 Å². The molecule has 1 amide bonds. The fourth-order valence-electron chi connectivity index (χ4n) is 2.03. The van der Waals surface area contributed by atoms with Crippen LogP contribution in [0.15, 0.2) is 6.07 Å². The first kappa shape index (κ1) is 25.3. The Morgan fingerprint density at radius 2 is 1.47 bits per heavy atom. The molecule has 1 rings (SSSR count). The molecule has 0 saturated heterocycles. The Hall–Kier alpha value is -2.73. The monoisotopic (exact) mass is 439 g/mol. The van der Waals surface area contributed by atoms with Crippen molar-refractivity contribution in [1.82, 2.24) is 5.32 Å². The number of hydrogen-bond acceptors (Lipinski definition) is 6. The molecule has 0 saturated carbocycles. The third-order valence-corrected chi connectivity index (χ3v) is 3.47. The van der Waals surface area contributed by atoms with Gasteiger partial charge in [0.15, 0.2) is 11.6 Å². The summed E-state index contributed by atoms with van der Waals surface area (Å²) in [6.07, 6.45) is -0.638. The highest BCUT2D eigenvalue weighted by molar-refractivity contribution is 5.77. The molecule has 2 N–H and O–H groups in total. The number of amides is 1. The summed E-state index contributed by atoms with van der Waals surface area (Å²) < 4.78 is 67.4. The maximum Gasteiger partial charge on any atom is 0.311 e. The zero-order chi connectivity index (χ0) is 22.5. The van der Waals surface area contributed by atoms with Crippen molar-refractivity contribution >= 4 is 17.8 Å². The number of halogens is 4. The van der Waals surface area contributed by atoms with Crippen molar-refractivity contribution in [2.75, 3.05) is 33.0 Å². The SMILES string of the molecule is O=C(O)CCOCCOCCNC(=O)CCCC(=O)Oc1c(F)c(F)cc(F)c1F. The smallest absolute Gasteiger partial charge is 0.311 e. The largest absolute Gasteiger partial charge is 0.481 e. The number of ether oxygens (including phenoxy) is 3. The molecule has 0 aliphatic rings. The first-order valence-corrected chi connectivity index (χ1v) is 8.90. The molecule has 0 spiro atoms. The van der Waals surface area contributed by atoms with E-state index in [0.717, 1.165) is 0 Å². The number of carboxylic acid groups (broad SMARTS) is 1. The number of carbonyl (C=O) groups is 3. The molecule has 0 bridgehead atoms. The zero-order valence-electron chi connectivity index (χ0n) is 15.8. The van der Waals surface area contributed by atoms with Crippen LogP contribution >= 0.6 is 0 Å². The van der Waals surface area contributed by atoms with Crippen LogP contribution in [0.5, 0.6) is 5.75 Å². The minimum absolute atomic E-state index is 0.0114. The van der Waals surface area contributed by atoms with E-state index in [1.807, 2.05) is 0 Å². The Labute approximate surface area is 169 Å². The average molecular weight is 439 g/mol. The van der Waals surface area contributed by atoms with Crippen molar-refractivity contribution in [2.24, 2.45) is 0 Å². The first-order valence-electron chi connectivity index (χ1n) is 8.90. The molecule has 0 heterocycles. The van der Waals surface area contributed by atoms with Crippen LogP contribution in [-0.2, 0) is 23.9 Å². The predicted molar refractivity (Wildman–Crippen MR) is 92.7 cm³/mol. The number of aliphatic carboxylic acids is 1. The fraction of sp³-hybridized carbons (Fsp3) is 0.500. The second-order valence-corrected chi connectivity index (χ2v) is 5.84. The molecule has 1 aromatic rings. The molecule has 0 radical (unpaired) electrons. The van der Waals surface area contributed by atoms with Crippen LogP contribution in [0.2, 0.25) is 0 Å². The van der Waals surface area contributed by atoms with Crippen LogP contribution in [0.3, 0.4) is 0 Å². The minimum Gasteiger partial charge on any atom is -0.481 e. The lowest BCUT2D eigenvalue weighted by Gasteiger charge is -2.08. The number of benzene rings is 1. The topological polar surface area (TPSA) is 111 Å². The van der Waals surface area contributed by atoms with Crippen LogP contribution in [0.25, 0.3) is 0 Å². The van der Waals surface area contributed by atoms with Crippen molar-refractivity contribution in [3.63, 3.8) is 0 Å². The molecular formula is C18H21F4NO7. The normalized spacial score (nSPS) is 10.7. The van der Waals surface area contributed by atoms with Gasteiger partial charge in [-0.1, -0.05) is 0 Å². The van der Waals surface area contributed by atoms with Crippen LogP contribution in [0.1, 0.15) is 25.7 Å². The molecule has 30 heavy (non-hydrogen) atoms. The van der Waals surface area contributed by atoms with Gasteiger partial charge in [-0.3, -0.25) is 14.4 Å². The maximum atomic E-state index is 13.4. The maximum absolute atomic E-state index is 13.4. The van der Waals surface area contributed by atoms with E-state index in [9.17, 15) is 31.9 Å². The van der Waals surface area contributed by atoms with E-state index < -0.39 is 53.3 Å². The number of esters is 1. The van der Waals surface area contributed by atoms with Crippen LogP contribution in [0, 0.1) is 23.3 Å². The fourth-order valence-corrected chi connectivity index (χ4v) is 2.03. The highest BCUT2D eigenvalue weighted by Gasteiger charge is 2.23. The van der Waals surface area contributed by atoms with Crippen molar-refractivity contribution in [3.05, 3.63) is 29.3 Å². The van der Waals surface area contributed by atoms with Gasteiger partial charge >= 0.3 is 11.9 Å². The van der Waals surface area contributed by atoms with Crippen LogP contribution in [-0.4, -0.2) is 55.9 Å². The Morgan fingerprint density at radius 3 is 2.07 bits per heavy atom. The van der Waals surface area contributed by atoms with Crippen LogP contribution < -0.4 is 10.1 Å². The highest BCUT2D eigenvalue weighted by Crippen LogP contribution is 2.26. The third-order valence-electron chi connectivity index (χ3n) is 3.47. The third kappa shape index (κ3) is 9.65. The number of carbonyl (C=O) groups excluding carboxylic acids is 2. The van der Waals surface area contributed by atoms with Gasteiger partial charge in [0.2, 0.25) is 23.3 Å². The van der Waals surface area contributed by atoms with Gasteiger partial charge in [-0.05, 0) is 6.42 Å². The van der Waals surface area contributed by atoms with E-state index in [0.29, 0.717) is 0 Å². The molecular weight excluding hydrogens is 418 g/mol. The van der Waals surface area contributed by atoms with E-state index in [-0.39, 0.29) is 58.3 Å². The quantitative estimate of drug-likeness (QED) is 0.150. The summed E-state index contributed by atoms with van der Waals surface area (Å²) in [7, 11) is 0. The molecule has 0 unspecified atom stereocenters. The molecule has 0 atom stereocenters. The minimum atomic E-state index is -1.83. The number of hydrogen-bond donors (Lipinski definition) is 2. The summed E-state index contributed by atoms with van der Waals surface area (Å²) >= 11 is 0. The van der Waals surface area contributed by atoms with Gasteiger partial charge in [0, 0.05) is 25.5 Å². The standard InChI is InChI=1S/C18H21F4NO7/c19-11-10-12(20)17(22)18(16(11)21)30-15(27)3-1-2-13(24)23-5-7-29-9-8-28-6-4-14(25)26/h10H,1-9H2,(H,23,24)(H,25,26). The Bertz CT molecular complexity index is 719. The van der Waals surface area contributed by atoms with Gasteiger partial charge in [0.05, 0.1) is 32.8 Å². The van der Waals surface area contributed by atoms with E-state index in [1.165, 1.54) is 0 Å². The zero-order valence-corrected chi connectivity index (χ0v) is 15.8. The van der Waals surface area contributed by atoms with Gasteiger partial charge in [-0.25, -0.2) is 8.78 Å². The van der Waals surface area contributed by atoms with Crippen molar-refractivity contribution < 1.29 is 51.3 Å². The molecule has 0 fully saturated rings. The van der Waals surface area contributed by atoms with E-state index in [1.54, 1.807) is 0 Å². The molecule has 168 valence electrons. The highest BCUT2D eigenvalue weighted by atomic mass is 19.2. The predicted octanol–water partition coefficient (Wildman–Crippen LogP) is 1.94. The van der Waals surface area contributed by atoms with Gasteiger partial charge in [-0.15, -0.1) is 0 Å². The number of rotatable bonds is 14. The molecule has 0 aliphatic carbocycles. The van der Waals surface area contributed by atoms with Crippen molar-refractivity contribution in [1.29, 1.82) is 0 Å². The molecule has 0 aromatic heterocycles. The van der Waals surface area contributed by atoms with E-state index in [2.05, 4.69) is 10.1 Å². The summed E-state index contributed by atoms with van der Waals surface area (Å²) in [5, 5.41) is 10.9. The van der Waals surface area contributed by atoms with Gasteiger partial charge < -0.3 is 24.6 Å². The summed E-state index contributed by atoms with van der Waals surface area (Å²) in [5.74, 6) is -11.1. The lowest BCUT2D eigenvalue weighted by atomic mass is 10.2. The van der Waals surface area contributed by atoms with E-state index in [4.69, 9.17) is 14.6 Å². The molecule has 0 aliphatic heterocycles. The van der Waals surface area contributed by atoms with E-state index >= 15 is 0 Å². The second-order valence-electron chi connectivity index (χ2n) is 5.84. The Morgan fingerprint density at radius 1 is 0.867 bits per heavy atom. The average Bonchev–Trinajstić information content (AvgIpc) is 2.68. The lowest BCUT2D eigenvalue weighted by Crippen LogP contribution is -2.27.